The van der Waals surface area contributed by atoms with E-state index in [4.69, 9.17) is 5.73 Å². The van der Waals surface area contributed by atoms with Gasteiger partial charge in [0.2, 0.25) is 0 Å². The Morgan fingerprint density at radius 1 is 1.53 bits per heavy atom. The molecule has 0 aliphatic rings. The molecule has 2 aromatic heterocycles. The fourth-order valence-electron chi connectivity index (χ4n) is 1.50. The molecule has 0 fully saturated rings. The summed E-state index contributed by atoms with van der Waals surface area (Å²) in [5.74, 6) is 0.116. The number of aromatic nitrogens is 1. The van der Waals surface area contributed by atoms with Crippen molar-refractivity contribution in [2.75, 3.05) is 24.7 Å². The minimum Gasteiger partial charge on any atom is -0.382 e. The Kier molecular flexibility index (Phi) is 4.06. The van der Waals surface area contributed by atoms with Gasteiger partial charge in [-0.2, -0.15) is 0 Å². The van der Waals surface area contributed by atoms with Crippen molar-refractivity contribution >= 4 is 39.5 Å². The smallest absolute Gasteiger partial charge is 0.265 e. The molecule has 3 N–H and O–H groups in total. The summed E-state index contributed by atoms with van der Waals surface area (Å²) in [4.78, 5) is 19.7. The highest BCUT2D eigenvalue weighted by molar-refractivity contribution is 7.18. The molecule has 0 saturated heterocycles. The molecule has 2 aromatic rings. The van der Waals surface area contributed by atoms with Gasteiger partial charge in [-0.15, -0.1) is 11.3 Å². The highest BCUT2D eigenvalue weighted by Crippen LogP contribution is 2.26. The zero-order valence-electron chi connectivity index (χ0n) is 11.1. The zero-order chi connectivity index (χ0) is 14.0. The maximum absolute atomic E-state index is 12.1. The van der Waals surface area contributed by atoms with E-state index >= 15 is 0 Å². The number of aryl methyl sites for hydroxylation is 1. The lowest BCUT2D eigenvalue weighted by atomic mass is 10.3. The molecule has 19 heavy (non-hydrogen) atoms. The largest absolute Gasteiger partial charge is 0.382 e. The number of carbonyl (C=O) groups is 1. The predicted octanol–water partition coefficient (Wildman–Crippen LogP) is 2.09. The van der Waals surface area contributed by atoms with Crippen LogP contribution in [0.3, 0.4) is 0 Å². The van der Waals surface area contributed by atoms with Crippen LogP contribution in [0.4, 0.5) is 10.9 Å². The quantitative estimate of drug-likeness (QED) is 0.906. The lowest BCUT2D eigenvalue weighted by molar-refractivity contribution is 0.0956. The van der Waals surface area contributed by atoms with E-state index in [1.165, 1.54) is 16.9 Å². The third kappa shape index (κ3) is 3.05. The van der Waals surface area contributed by atoms with E-state index in [2.05, 4.69) is 10.3 Å². The summed E-state index contributed by atoms with van der Waals surface area (Å²) >= 11 is 2.93. The molecule has 0 atom stereocenters. The number of carbonyl (C=O) groups excluding carboxylic acids is 1. The van der Waals surface area contributed by atoms with Gasteiger partial charge < -0.3 is 16.0 Å². The molecule has 0 aliphatic heterocycles. The van der Waals surface area contributed by atoms with Gasteiger partial charge in [-0.3, -0.25) is 4.79 Å². The summed E-state index contributed by atoms with van der Waals surface area (Å²) < 4.78 is 0. The lowest BCUT2D eigenvalue weighted by Crippen LogP contribution is -2.22. The zero-order valence-corrected chi connectivity index (χ0v) is 12.7. The van der Waals surface area contributed by atoms with Gasteiger partial charge in [0, 0.05) is 19.0 Å². The van der Waals surface area contributed by atoms with Crippen LogP contribution in [0.5, 0.6) is 0 Å². The second-order valence-corrected chi connectivity index (χ2v) is 6.29. The highest BCUT2D eigenvalue weighted by atomic mass is 32.1. The molecule has 2 rings (SSSR count). The van der Waals surface area contributed by atoms with E-state index in [1.54, 1.807) is 11.3 Å². The van der Waals surface area contributed by atoms with E-state index < -0.39 is 0 Å². The van der Waals surface area contributed by atoms with Crippen LogP contribution in [-0.2, 0) is 6.54 Å². The maximum atomic E-state index is 12.1. The molecule has 0 saturated carbocycles. The Morgan fingerprint density at radius 3 is 2.79 bits per heavy atom. The number of hydrogen-bond acceptors (Lipinski definition) is 6. The minimum atomic E-state index is -0.170. The molecule has 2 heterocycles. The van der Waals surface area contributed by atoms with Gasteiger partial charge in [-0.1, -0.05) is 11.3 Å². The van der Waals surface area contributed by atoms with Gasteiger partial charge in [0.15, 0.2) is 5.13 Å². The van der Waals surface area contributed by atoms with Gasteiger partial charge in [-0.05, 0) is 23.9 Å². The van der Waals surface area contributed by atoms with Crippen molar-refractivity contribution in [3.63, 3.8) is 0 Å². The average molecular weight is 296 g/mol. The highest BCUT2D eigenvalue weighted by Gasteiger charge is 2.17. The van der Waals surface area contributed by atoms with Crippen molar-refractivity contribution < 1.29 is 4.79 Å². The first kappa shape index (κ1) is 13.8. The van der Waals surface area contributed by atoms with E-state index in [0.717, 1.165) is 10.0 Å². The van der Waals surface area contributed by atoms with Crippen LogP contribution >= 0.6 is 22.7 Å². The first-order valence-electron chi connectivity index (χ1n) is 5.74. The van der Waals surface area contributed by atoms with Crippen LogP contribution in [0.25, 0.3) is 0 Å². The fraction of sp³-hybridized carbons (Fsp3) is 0.333. The number of rotatable bonds is 4. The minimum absolute atomic E-state index is 0.170. The molecule has 7 heteroatoms. The van der Waals surface area contributed by atoms with Crippen LogP contribution in [0.1, 0.15) is 20.1 Å². The summed E-state index contributed by atoms with van der Waals surface area (Å²) in [5, 5.41) is 5.63. The number of nitrogen functional groups attached to an aromatic ring is 1. The molecule has 102 valence electrons. The molecule has 5 nitrogen and oxygen atoms in total. The fourth-order valence-corrected chi connectivity index (χ4v) is 3.17. The number of nitrogens with one attached hydrogen (secondary N) is 1. The topological polar surface area (TPSA) is 71.2 Å². The van der Waals surface area contributed by atoms with Gasteiger partial charge in [0.1, 0.15) is 10.7 Å². The molecule has 0 unspecified atom stereocenters. The standard InChI is InChI=1S/C12H16N4OS2/c1-7-4-5-18-8(7)6-14-11(17)9-10(13)15-12(19-9)16(2)3/h4-5H,6,13H2,1-3H3,(H,14,17). The SMILES string of the molecule is Cc1ccsc1CNC(=O)c1sc(N(C)C)nc1N. The van der Waals surface area contributed by atoms with Crippen LogP contribution in [0.15, 0.2) is 11.4 Å². The van der Waals surface area contributed by atoms with Gasteiger partial charge in [-0.25, -0.2) is 4.98 Å². The Hall–Kier alpha value is -1.60. The predicted molar refractivity (Wildman–Crippen MR) is 81.1 cm³/mol. The molecular weight excluding hydrogens is 280 g/mol. The Balaban J connectivity index is 2.06. The van der Waals surface area contributed by atoms with E-state index in [1.807, 2.05) is 37.4 Å². The Labute approximate surface area is 120 Å². The van der Waals surface area contributed by atoms with Crippen LogP contribution < -0.4 is 16.0 Å². The third-order valence-corrected chi connectivity index (χ3v) is 4.87. The summed E-state index contributed by atoms with van der Waals surface area (Å²) in [6.07, 6.45) is 0. The third-order valence-electron chi connectivity index (χ3n) is 2.61. The van der Waals surface area contributed by atoms with Crippen molar-refractivity contribution in [1.82, 2.24) is 10.3 Å². The molecule has 0 aromatic carbocycles. The molecule has 0 aliphatic carbocycles. The first-order valence-corrected chi connectivity index (χ1v) is 7.43. The molecule has 1 amide bonds. The monoisotopic (exact) mass is 296 g/mol. The number of nitrogens with zero attached hydrogens (tertiary/aromatic N) is 2. The number of thiophene rings is 1. The first-order chi connectivity index (χ1) is 8.99. The molecule has 0 spiro atoms. The van der Waals surface area contributed by atoms with Crippen LogP contribution in [0, 0.1) is 6.92 Å². The van der Waals surface area contributed by atoms with Gasteiger partial charge in [0.05, 0.1) is 6.54 Å². The van der Waals surface area contributed by atoms with E-state index in [9.17, 15) is 4.79 Å². The maximum Gasteiger partial charge on any atom is 0.265 e. The second-order valence-electron chi connectivity index (χ2n) is 4.31. The summed E-state index contributed by atoms with van der Waals surface area (Å²) in [5.41, 5.74) is 6.96. The summed E-state index contributed by atoms with van der Waals surface area (Å²) in [6, 6.07) is 2.04. The number of hydrogen-bond donors (Lipinski definition) is 2. The van der Waals surface area contributed by atoms with Crippen molar-refractivity contribution in [1.29, 1.82) is 0 Å². The van der Waals surface area contributed by atoms with Crippen molar-refractivity contribution in [3.05, 3.63) is 26.8 Å². The average Bonchev–Trinajstić information content (AvgIpc) is 2.93. The summed E-state index contributed by atoms with van der Waals surface area (Å²) in [6.45, 7) is 2.56. The lowest BCUT2D eigenvalue weighted by Gasteiger charge is -2.05. The number of anilines is 2. The van der Waals surface area contributed by atoms with Gasteiger partial charge >= 0.3 is 0 Å². The van der Waals surface area contributed by atoms with Crippen molar-refractivity contribution in [2.45, 2.75) is 13.5 Å². The van der Waals surface area contributed by atoms with Gasteiger partial charge in [0.25, 0.3) is 5.91 Å². The number of amides is 1. The van der Waals surface area contributed by atoms with E-state index in [0.29, 0.717) is 11.4 Å². The normalized spacial score (nSPS) is 10.5. The number of nitrogens with two attached hydrogens (primary N) is 1. The molecular formula is C12H16N4OS2. The number of thiazole rings is 1. The van der Waals surface area contributed by atoms with Crippen molar-refractivity contribution in [2.24, 2.45) is 0 Å². The molecule has 0 bridgehead atoms. The second kappa shape index (κ2) is 5.58. The van der Waals surface area contributed by atoms with Crippen LogP contribution in [0.2, 0.25) is 0 Å². The van der Waals surface area contributed by atoms with E-state index in [-0.39, 0.29) is 11.7 Å². The van der Waals surface area contributed by atoms with Crippen LogP contribution in [-0.4, -0.2) is 25.0 Å². The Bertz CT molecular complexity index is 588. The van der Waals surface area contributed by atoms with Crippen molar-refractivity contribution in [3.8, 4) is 0 Å². The molecule has 0 radical (unpaired) electrons. The Morgan fingerprint density at radius 2 is 2.26 bits per heavy atom. The summed E-state index contributed by atoms with van der Waals surface area (Å²) in [7, 11) is 3.74.